The summed E-state index contributed by atoms with van der Waals surface area (Å²) in [4.78, 5) is 15.4. The minimum absolute atomic E-state index is 0.0950. The van der Waals surface area contributed by atoms with Crippen LogP contribution >= 0.6 is 11.6 Å². The average molecular weight is 618 g/mol. The lowest BCUT2D eigenvalue weighted by atomic mass is 9.90. The number of hydrogen-bond donors (Lipinski definition) is 1. The molecule has 0 aliphatic carbocycles. The number of halogens is 1. The van der Waals surface area contributed by atoms with Crippen molar-refractivity contribution in [3.63, 3.8) is 0 Å². The number of terminal acetylenes is 1. The number of aliphatic imine (C=N–C) groups is 3. The largest absolute Gasteiger partial charge is 0.491 e. The van der Waals surface area contributed by atoms with Crippen LogP contribution in [-0.4, -0.2) is 114 Å². The zero-order valence-corrected chi connectivity index (χ0v) is 25.8. The Labute approximate surface area is 260 Å². The zero-order valence-electron chi connectivity index (χ0n) is 25.0. The maximum atomic E-state index is 6.01. The molecule has 0 saturated carbocycles. The summed E-state index contributed by atoms with van der Waals surface area (Å²) in [6, 6.07) is 8.23. The number of rotatable bonds is 19. The molecule has 3 rings (SSSR count). The van der Waals surface area contributed by atoms with Crippen LogP contribution in [0.15, 0.2) is 51.0 Å². The van der Waals surface area contributed by atoms with Gasteiger partial charge in [0, 0.05) is 25.2 Å². The minimum Gasteiger partial charge on any atom is -0.491 e. The van der Waals surface area contributed by atoms with E-state index in [1.165, 1.54) is 11.8 Å². The first kappa shape index (κ1) is 34.5. The predicted molar refractivity (Wildman–Crippen MR) is 169 cm³/mol. The highest BCUT2D eigenvalue weighted by Crippen LogP contribution is 2.30. The molecule has 2 heterocycles. The van der Waals surface area contributed by atoms with Crippen molar-refractivity contribution in [2.45, 2.75) is 38.0 Å². The molecule has 0 aromatic heterocycles. The van der Waals surface area contributed by atoms with E-state index >= 15 is 0 Å². The third-order valence-electron chi connectivity index (χ3n) is 6.81. The van der Waals surface area contributed by atoms with Gasteiger partial charge in [-0.2, -0.15) is 0 Å². The van der Waals surface area contributed by atoms with E-state index in [2.05, 4.69) is 44.6 Å². The third kappa shape index (κ3) is 11.9. The molecule has 0 radical (unpaired) electrons. The van der Waals surface area contributed by atoms with E-state index in [4.69, 9.17) is 52.2 Å². The van der Waals surface area contributed by atoms with Crippen LogP contribution in [-0.2, 0) is 23.7 Å². The molecule has 2 saturated heterocycles. The van der Waals surface area contributed by atoms with Crippen molar-refractivity contribution in [1.82, 2.24) is 4.90 Å². The summed E-state index contributed by atoms with van der Waals surface area (Å²) in [6.07, 6.45) is 8.25. The molecule has 0 spiro atoms. The van der Waals surface area contributed by atoms with Crippen molar-refractivity contribution in [3.05, 3.63) is 41.6 Å². The number of hydrogen-bond acceptors (Lipinski definition) is 9. The maximum Gasteiger partial charge on any atom is 0.161 e. The van der Waals surface area contributed by atoms with E-state index in [0.29, 0.717) is 82.6 Å². The van der Waals surface area contributed by atoms with Crippen molar-refractivity contribution >= 4 is 30.0 Å². The molecule has 2 aliphatic heterocycles. The van der Waals surface area contributed by atoms with E-state index in [1.807, 2.05) is 19.1 Å². The standard InChI is InChI=1S/C31H44ClN5O6/c1-4-11-38-12-13-39-14-15-40-16-17-41-18-19-42-27-8-6-25(7-9-27)26-21-37(22-26)31(35-23-32)28(20-33)30(34-3)36-29-10-5-24(2)43-29/h1,6-9,20,24,26,29H,3,5,10-19,21-23,33H2,2H3/b28-20+,35-31+,36-30-. The molecule has 11 nitrogen and oxygen atoms in total. The molecule has 2 aliphatic rings. The van der Waals surface area contributed by atoms with Gasteiger partial charge in [0.2, 0.25) is 0 Å². The van der Waals surface area contributed by atoms with Gasteiger partial charge in [-0.05, 0) is 44.2 Å². The first-order valence-corrected chi connectivity index (χ1v) is 15.1. The number of amidine groups is 2. The number of benzene rings is 1. The molecule has 0 amide bonds. The van der Waals surface area contributed by atoms with Crippen LogP contribution < -0.4 is 10.5 Å². The van der Waals surface area contributed by atoms with Crippen molar-refractivity contribution in [2.24, 2.45) is 20.7 Å². The first-order valence-electron chi connectivity index (χ1n) is 14.5. The van der Waals surface area contributed by atoms with E-state index in [9.17, 15) is 0 Å². The topological polar surface area (TPSA) is 122 Å². The highest BCUT2D eigenvalue weighted by atomic mass is 35.5. The van der Waals surface area contributed by atoms with E-state index in [0.717, 1.165) is 31.7 Å². The Kier molecular flexibility index (Phi) is 16.1. The minimum atomic E-state index is -0.263. The Bertz CT molecular complexity index is 1100. The van der Waals surface area contributed by atoms with Gasteiger partial charge in [-0.3, -0.25) is 4.99 Å². The fraction of sp³-hybridized carbons (Fsp3) is 0.581. The van der Waals surface area contributed by atoms with Crippen LogP contribution in [0.1, 0.15) is 31.2 Å². The molecule has 43 heavy (non-hydrogen) atoms. The van der Waals surface area contributed by atoms with Gasteiger partial charge in [-0.1, -0.05) is 18.1 Å². The van der Waals surface area contributed by atoms with Gasteiger partial charge in [0.05, 0.1) is 57.9 Å². The molecular formula is C31H44ClN5O6. The highest BCUT2D eigenvalue weighted by molar-refractivity contribution is 6.25. The zero-order chi connectivity index (χ0) is 30.7. The van der Waals surface area contributed by atoms with Gasteiger partial charge in [-0.15, -0.1) is 18.0 Å². The number of nitrogens with two attached hydrogens (primary N) is 1. The monoisotopic (exact) mass is 617 g/mol. The fourth-order valence-electron chi connectivity index (χ4n) is 4.58. The molecule has 0 bridgehead atoms. The smallest absolute Gasteiger partial charge is 0.161 e. The molecule has 2 fully saturated rings. The summed E-state index contributed by atoms with van der Waals surface area (Å²) in [7, 11) is 0. The second kappa shape index (κ2) is 20.1. The van der Waals surface area contributed by atoms with Gasteiger partial charge < -0.3 is 39.1 Å². The molecule has 2 N–H and O–H groups in total. The SMILES string of the molecule is C#CCOCCOCCOCCOCCOc1ccc(C2CN(C(=N/CCl)/C(=C/N)C(/N=C)=N/C3CCC(C)O3)C2)cc1. The number of nitrogens with zero attached hydrogens (tertiary/aromatic N) is 4. The van der Waals surface area contributed by atoms with Crippen LogP contribution in [0.4, 0.5) is 0 Å². The number of ether oxygens (including phenoxy) is 6. The average Bonchev–Trinajstić information content (AvgIpc) is 3.41. The molecule has 236 valence electrons. The molecular weight excluding hydrogens is 574 g/mol. The van der Waals surface area contributed by atoms with Gasteiger partial charge in [0.25, 0.3) is 0 Å². The number of likely N-dealkylation sites (tertiary alicyclic amines) is 1. The van der Waals surface area contributed by atoms with Crippen molar-refractivity contribution in [1.29, 1.82) is 0 Å². The number of alkyl halides is 1. The Morgan fingerprint density at radius 3 is 2.21 bits per heavy atom. The van der Waals surface area contributed by atoms with E-state index in [1.54, 1.807) is 0 Å². The summed E-state index contributed by atoms with van der Waals surface area (Å²) in [5.74, 6) is 4.60. The van der Waals surface area contributed by atoms with E-state index < -0.39 is 0 Å². The van der Waals surface area contributed by atoms with Crippen LogP contribution in [0.5, 0.6) is 5.75 Å². The first-order chi connectivity index (χ1) is 21.1. The van der Waals surface area contributed by atoms with Gasteiger partial charge in [0.1, 0.15) is 30.8 Å². The molecule has 1 aromatic carbocycles. The van der Waals surface area contributed by atoms with Crippen molar-refractivity contribution < 1.29 is 28.4 Å². The molecule has 2 atom stereocenters. The summed E-state index contributed by atoms with van der Waals surface area (Å²) >= 11 is 6.01. The quantitative estimate of drug-likeness (QED) is 0.0627. The second-order valence-electron chi connectivity index (χ2n) is 9.88. The third-order valence-corrected chi connectivity index (χ3v) is 6.93. The Morgan fingerprint density at radius 1 is 1.05 bits per heavy atom. The summed E-state index contributed by atoms with van der Waals surface area (Å²) in [5.41, 5.74) is 7.83. The summed E-state index contributed by atoms with van der Waals surface area (Å²) in [6.45, 7) is 11.5. The maximum absolute atomic E-state index is 6.01. The van der Waals surface area contributed by atoms with Crippen LogP contribution in [0, 0.1) is 12.3 Å². The fourth-order valence-corrected chi connectivity index (χ4v) is 4.69. The van der Waals surface area contributed by atoms with Gasteiger partial charge >= 0.3 is 0 Å². The highest BCUT2D eigenvalue weighted by Gasteiger charge is 2.33. The summed E-state index contributed by atoms with van der Waals surface area (Å²) < 4.78 is 33.2. The lowest BCUT2D eigenvalue weighted by molar-refractivity contribution is -0.00187. The summed E-state index contributed by atoms with van der Waals surface area (Å²) in [5, 5.41) is 0. The normalized spacial score (nSPS) is 19.7. The van der Waals surface area contributed by atoms with Crippen LogP contribution in [0.3, 0.4) is 0 Å². The second-order valence-corrected chi connectivity index (χ2v) is 10.1. The van der Waals surface area contributed by atoms with Crippen molar-refractivity contribution in [2.75, 3.05) is 78.6 Å². The predicted octanol–water partition coefficient (Wildman–Crippen LogP) is 3.23. The lowest BCUT2D eigenvalue weighted by Crippen LogP contribution is -2.50. The molecule has 1 aromatic rings. The Morgan fingerprint density at radius 2 is 1.67 bits per heavy atom. The Hall–Kier alpha value is -2.98. The van der Waals surface area contributed by atoms with Gasteiger partial charge in [-0.25, -0.2) is 9.98 Å². The van der Waals surface area contributed by atoms with Gasteiger partial charge in [0.15, 0.2) is 12.1 Å². The van der Waals surface area contributed by atoms with E-state index in [-0.39, 0.29) is 18.3 Å². The van der Waals surface area contributed by atoms with Crippen molar-refractivity contribution in [3.8, 4) is 18.1 Å². The molecule has 12 heteroatoms. The molecule has 2 unspecified atom stereocenters. The lowest BCUT2D eigenvalue weighted by Gasteiger charge is -2.42. The van der Waals surface area contributed by atoms with Crippen LogP contribution in [0.25, 0.3) is 0 Å². The van der Waals surface area contributed by atoms with Crippen LogP contribution in [0.2, 0.25) is 0 Å². The Balaban J connectivity index is 1.33.